The van der Waals surface area contributed by atoms with Gasteiger partial charge < -0.3 is 10.6 Å². The third kappa shape index (κ3) is 6.89. The van der Waals surface area contributed by atoms with E-state index in [1.807, 2.05) is 0 Å². The van der Waals surface area contributed by atoms with Gasteiger partial charge in [0.15, 0.2) is 0 Å². The minimum atomic E-state index is 0.103. The van der Waals surface area contributed by atoms with Crippen molar-refractivity contribution in [2.75, 3.05) is 19.6 Å². The molecule has 1 amide bonds. The van der Waals surface area contributed by atoms with Crippen LogP contribution in [0.2, 0.25) is 0 Å². The quantitative estimate of drug-likeness (QED) is 0.610. The smallest absolute Gasteiger partial charge is 0.233 e. The molecule has 0 aromatic carbocycles. The summed E-state index contributed by atoms with van der Waals surface area (Å²) >= 11 is 0. The van der Waals surface area contributed by atoms with Crippen molar-refractivity contribution in [1.82, 2.24) is 10.6 Å². The van der Waals surface area contributed by atoms with Crippen molar-refractivity contribution in [2.45, 2.75) is 34.1 Å². The first kappa shape index (κ1) is 13.4. The Morgan fingerprint density at radius 2 is 1.93 bits per heavy atom. The summed E-state index contributed by atoms with van der Waals surface area (Å²) in [6.45, 7) is 10.7. The van der Waals surface area contributed by atoms with Crippen molar-refractivity contribution in [3.63, 3.8) is 0 Å². The molecule has 0 spiro atoms. The van der Waals surface area contributed by atoms with Crippen molar-refractivity contribution in [3.05, 3.63) is 0 Å². The fourth-order valence-electron chi connectivity index (χ4n) is 0.952. The van der Waals surface area contributed by atoms with E-state index in [2.05, 4.69) is 38.3 Å². The molecule has 84 valence electrons. The summed E-state index contributed by atoms with van der Waals surface area (Å²) in [5.74, 6) is 1.27. The fraction of sp³-hybridized carbons (Fsp3) is 0.909. The van der Waals surface area contributed by atoms with E-state index in [-0.39, 0.29) is 5.91 Å². The number of rotatable bonds is 7. The van der Waals surface area contributed by atoms with Crippen LogP contribution in [0.25, 0.3) is 0 Å². The van der Waals surface area contributed by atoms with E-state index < -0.39 is 0 Å². The maximum atomic E-state index is 11.3. The summed E-state index contributed by atoms with van der Waals surface area (Å²) in [5.41, 5.74) is 0. The SMILES string of the molecule is CCCNCC(=O)NCC(C)C(C)C. The van der Waals surface area contributed by atoms with Crippen molar-refractivity contribution < 1.29 is 4.79 Å². The molecule has 0 radical (unpaired) electrons. The van der Waals surface area contributed by atoms with Crippen LogP contribution < -0.4 is 10.6 Å². The predicted octanol–water partition coefficient (Wildman–Crippen LogP) is 1.39. The maximum Gasteiger partial charge on any atom is 0.233 e. The molecule has 0 aliphatic heterocycles. The zero-order chi connectivity index (χ0) is 11.0. The Bertz CT molecular complexity index is 157. The Morgan fingerprint density at radius 3 is 2.43 bits per heavy atom. The molecule has 1 atom stereocenters. The van der Waals surface area contributed by atoms with Gasteiger partial charge in [-0.25, -0.2) is 0 Å². The minimum Gasteiger partial charge on any atom is -0.355 e. The average molecular weight is 200 g/mol. The average Bonchev–Trinajstić information content (AvgIpc) is 2.14. The van der Waals surface area contributed by atoms with Crippen molar-refractivity contribution in [3.8, 4) is 0 Å². The summed E-state index contributed by atoms with van der Waals surface area (Å²) in [6, 6.07) is 0. The molecule has 0 aliphatic carbocycles. The summed E-state index contributed by atoms with van der Waals surface area (Å²) in [7, 11) is 0. The molecule has 0 aliphatic rings. The number of hydrogen-bond acceptors (Lipinski definition) is 2. The molecule has 0 heterocycles. The first-order valence-corrected chi connectivity index (χ1v) is 5.55. The number of nitrogens with one attached hydrogen (secondary N) is 2. The number of amides is 1. The lowest BCUT2D eigenvalue weighted by atomic mass is 9.98. The molecule has 3 heteroatoms. The Hall–Kier alpha value is -0.570. The normalized spacial score (nSPS) is 12.9. The van der Waals surface area contributed by atoms with Crippen LogP contribution in [-0.2, 0) is 4.79 Å². The van der Waals surface area contributed by atoms with E-state index in [1.165, 1.54) is 0 Å². The van der Waals surface area contributed by atoms with E-state index in [0.717, 1.165) is 19.5 Å². The van der Waals surface area contributed by atoms with E-state index in [9.17, 15) is 4.79 Å². The number of carbonyl (C=O) groups is 1. The van der Waals surface area contributed by atoms with E-state index in [4.69, 9.17) is 0 Å². The molecular formula is C11H24N2O. The molecule has 3 nitrogen and oxygen atoms in total. The van der Waals surface area contributed by atoms with Gasteiger partial charge in [-0.15, -0.1) is 0 Å². The summed E-state index contributed by atoms with van der Waals surface area (Å²) < 4.78 is 0. The van der Waals surface area contributed by atoms with Crippen LogP contribution in [0.15, 0.2) is 0 Å². The molecule has 14 heavy (non-hydrogen) atoms. The predicted molar refractivity (Wildman–Crippen MR) is 60.2 cm³/mol. The molecular weight excluding hydrogens is 176 g/mol. The van der Waals surface area contributed by atoms with Crippen molar-refractivity contribution in [1.29, 1.82) is 0 Å². The van der Waals surface area contributed by atoms with Crippen LogP contribution in [0, 0.1) is 11.8 Å². The van der Waals surface area contributed by atoms with Crippen LogP contribution in [0.4, 0.5) is 0 Å². The highest BCUT2D eigenvalue weighted by Gasteiger charge is 2.08. The molecule has 1 unspecified atom stereocenters. The van der Waals surface area contributed by atoms with Gasteiger partial charge in [0.1, 0.15) is 0 Å². The molecule has 2 N–H and O–H groups in total. The Balaban J connectivity index is 3.44. The second kappa shape index (κ2) is 7.80. The zero-order valence-electron chi connectivity index (χ0n) is 9.89. The van der Waals surface area contributed by atoms with Gasteiger partial charge in [-0.2, -0.15) is 0 Å². The molecule has 0 bridgehead atoms. The highest BCUT2D eigenvalue weighted by atomic mass is 16.1. The molecule has 0 rings (SSSR count). The van der Waals surface area contributed by atoms with Gasteiger partial charge in [0, 0.05) is 6.54 Å². The van der Waals surface area contributed by atoms with Crippen molar-refractivity contribution in [2.24, 2.45) is 11.8 Å². The number of carbonyl (C=O) groups excluding carboxylic acids is 1. The molecule has 0 fully saturated rings. The number of hydrogen-bond donors (Lipinski definition) is 2. The largest absolute Gasteiger partial charge is 0.355 e. The van der Waals surface area contributed by atoms with Crippen LogP contribution in [0.3, 0.4) is 0 Å². The standard InChI is InChI=1S/C11H24N2O/c1-5-6-12-8-11(14)13-7-10(4)9(2)3/h9-10,12H,5-8H2,1-4H3,(H,13,14). The molecule has 0 aromatic heterocycles. The van der Waals surface area contributed by atoms with Gasteiger partial charge in [0.25, 0.3) is 0 Å². The monoisotopic (exact) mass is 200 g/mol. The van der Waals surface area contributed by atoms with E-state index in [1.54, 1.807) is 0 Å². The van der Waals surface area contributed by atoms with Crippen LogP contribution >= 0.6 is 0 Å². The minimum absolute atomic E-state index is 0.103. The van der Waals surface area contributed by atoms with Crippen LogP contribution in [-0.4, -0.2) is 25.5 Å². The maximum absolute atomic E-state index is 11.3. The van der Waals surface area contributed by atoms with Crippen LogP contribution in [0.5, 0.6) is 0 Å². The van der Waals surface area contributed by atoms with Gasteiger partial charge >= 0.3 is 0 Å². The third-order valence-corrected chi connectivity index (χ3v) is 2.47. The van der Waals surface area contributed by atoms with Gasteiger partial charge in [-0.05, 0) is 24.8 Å². The van der Waals surface area contributed by atoms with Gasteiger partial charge in [-0.3, -0.25) is 4.79 Å². The van der Waals surface area contributed by atoms with Crippen molar-refractivity contribution >= 4 is 5.91 Å². The molecule has 0 aromatic rings. The first-order valence-electron chi connectivity index (χ1n) is 5.55. The lowest BCUT2D eigenvalue weighted by Gasteiger charge is -2.16. The highest BCUT2D eigenvalue weighted by Crippen LogP contribution is 2.07. The third-order valence-electron chi connectivity index (χ3n) is 2.47. The fourth-order valence-corrected chi connectivity index (χ4v) is 0.952. The lowest BCUT2D eigenvalue weighted by molar-refractivity contribution is -0.120. The Kier molecular flexibility index (Phi) is 7.48. The van der Waals surface area contributed by atoms with Gasteiger partial charge in [0.05, 0.1) is 6.54 Å². The molecule has 0 saturated heterocycles. The molecule has 0 saturated carbocycles. The Morgan fingerprint density at radius 1 is 1.29 bits per heavy atom. The van der Waals surface area contributed by atoms with Gasteiger partial charge in [0.2, 0.25) is 5.91 Å². The lowest BCUT2D eigenvalue weighted by Crippen LogP contribution is -2.37. The second-order valence-electron chi connectivity index (χ2n) is 4.20. The topological polar surface area (TPSA) is 41.1 Å². The second-order valence-corrected chi connectivity index (χ2v) is 4.20. The zero-order valence-corrected chi connectivity index (χ0v) is 9.89. The van der Waals surface area contributed by atoms with E-state index >= 15 is 0 Å². The van der Waals surface area contributed by atoms with Crippen LogP contribution in [0.1, 0.15) is 34.1 Å². The first-order chi connectivity index (χ1) is 6.57. The van der Waals surface area contributed by atoms with Gasteiger partial charge in [-0.1, -0.05) is 27.7 Å². The highest BCUT2D eigenvalue weighted by molar-refractivity contribution is 5.77. The summed E-state index contributed by atoms with van der Waals surface area (Å²) in [5, 5.41) is 6.00. The summed E-state index contributed by atoms with van der Waals surface area (Å²) in [6.07, 6.45) is 1.07. The van der Waals surface area contributed by atoms with E-state index in [0.29, 0.717) is 18.4 Å². The Labute approximate surface area is 87.6 Å². The summed E-state index contributed by atoms with van der Waals surface area (Å²) in [4.78, 5) is 11.3.